The number of para-hydroxylation sites is 1. The van der Waals surface area contributed by atoms with E-state index in [1.165, 1.54) is 11.8 Å². The van der Waals surface area contributed by atoms with Crippen LogP contribution in [0.2, 0.25) is 0 Å². The van der Waals surface area contributed by atoms with Crippen molar-refractivity contribution in [3.8, 4) is 5.69 Å². The molecule has 0 aliphatic rings. The minimum absolute atomic E-state index is 0.0134. The predicted octanol–water partition coefficient (Wildman–Crippen LogP) is 2.97. The average Bonchev–Trinajstić information content (AvgIpc) is 3.15. The van der Waals surface area contributed by atoms with Crippen LogP contribution in [0.25, 0.3) is 5.69 Å². The minimum Gasteiger partial charge on any atom is -0.338 e. The van der Waals surface area contributed by atoms with E-state index in [0.29, 0.717) is 5.16 Å². The number of aromatic nitrogens is 4. The van der Waals surface area contributed by atoms with Gasteiger partial charge in [0.2, 0.25) is 11.1 Å². The molecule has 1 aromatic heterocycles. The Morgan fingerprint density at radius 2 is 1.76 bits per heavy atom. The highest BCUT2D eigenvalue weighted by Gasteiger charge is 2.19. The summed E-state index contributed by atoms with van der Waals surface area (Å²) in [5.74, 6) is 0.310. The second-order valence-corrected chi connectivity index (χ2v) is 6.53. The monoisotopic (exact) mass is 353 g/mol. The molecular weight excluding hydrogens is 334 g/mol. The maximum absolute atomic E-state index is 12.5. The normalized spacial score (nSPS) is 11.9. The number of rotatable bonds is 6. The number of tetrazole rings is 1. The van der Waals surface area contributed by atoms with Crippen molar-refractivity contribution in [1.29, 1.82) is 0 Å². The number of hydrogen-bond donors (Lipinski definition) is 0. The van der Waals surface area contributed by atoms with E-state index in [4.69, 9.17) is 0 Å². The number of nitrogens with zero attached hydrogens (tertiary/aromatic N) is 5. The van der Waals surface area contributed by atoms with Gasteiger partial charge in [0.15, 0.2) is 0 Å². The van der Waals surface area contributed by atoms with Gasteiger partial charge in [0.1, 0.15) is 0 Å². The van der Waals surface area contributed by atoms with Crippen molar-refractivity contribution < 1.29 is 4.79 Å². The van der Waals surface area contributed by atoms with Gasteiger partial charge in [0, 0.05) is 7.05 Å². The second-order valence-electron chi connectivity index (χ2n) is 5.59. The third-order valence-corrected chi connectivity index (χ3v) is 4.93. The lowest BCUT2D eigenvalue weighted by Gasteiger charge is -2.25. The highest BCUT2D eigenvalue weighted by atomic mass is 32.2. The summed E-state index contributed by atoms with van der Waals surface area (Å²) in [5.41, 5.74) is 1.98. The third-order valence-electron chi connectivity index (χ3n) is 4.02. The van der Waals surface area contributed by atoms with E-state index in [1.54, 1.807) is 9.58 Å². The van der Waals surface area contributed by atoms with E-state index >= 15 is 0 Å². The average molecular weight is 353 g/mol. The van der Waals surface area contributed by atoms with Gasteiger partial charge in [-0.25, -0.2) is 0 Å². The SMILES string of the molecule is CC(c1ccccc1)N(C)C(=O)CSc1nnnn1-c1ccccc1. The van der Waals surface area contributed by atoms with Crippen molar-refractivity contribution in [2.45, 2.75) is 18.1 Å². The van der Waals surface area contributed by atoms with Gasteiger partial charge in [0.05, 0.1) is 17.5 Å². The Hall–Kier alpha value is -2.67. The molecule has 6 nitrogen and oxygen atoms in total. The minimum atomic E-state index is 0.0134. The molecule has 3 aromatic rings. The molecule has 0 radical (unpaired) electrons. The molecule has 0 fully saturated rings. The van der Waals surface area contributed by atoms with Crippen LogP contribution in [0.1, 0.15) is 18.5 Å². The molecule has 0 aliphatic heterocycles. The lowest BCUT2D eigenvalue weighted by molar-refractivity contribution is -0.128. The van der Waals surface area contributed by atoms with E-state index in [-0.39, 0.29) is 17.7 Å². The number of carbonyl (C=O) groups is 1. The summed E-state index contributed by atoms with van der Waals surface area (Å²) in [5, 5.41) is 12.3. The van der Waals surface area contributed by atoms with Crippen molar-refractivity contribution in [1.82, 2.24) is 25.1 Å². The summed E-state index contributed by atoms with van der Waals surface area (Å²) < 4.78 is 1.64. The number of carbonyl (C=O) groups excluding carboxylic acids is 1. The Labute approximate surface area is 150 Å². The van der Waals surface area contributed by atoms with Crippen LogP contribution in [0.4, 0.5) is 0 Å². The molecule has 128 valence electrons. The first-order valence-electron chi connectivity index (χ1n) is 7.94. The van der Waals surface area contributed by atoms with Crippen LogP contribution in [-0.2, 0) is 4.79 Å². The Morgan fingerprint density at radius 1 is 1.12 bits per heavy atom. The molecule has 2 aromatic carbocycles. The van der Waals surface area contributed by atoms with Crippen molar-refractivity contribution in [3.63, 3.8) is 0 Å². The van der Waals surface area contributed by atoms with Crippen LogP contribution in [0.5, 0.6) is 0 Å². The van der Waals surface area contributed by atoms with Gasteiger partial charge in [-0.15, -0.1) is 5.10 Å². The molecule has 1 amide bonds. The van der Waals surface area contributed by atoms with Gasteiger partial charge in [0.25, 0.3) is 0 Å². The zero-order chi connectivity index (χ0) is 17.6. The molecule has 0 saturated carbocycles. The topological polar surface area (TPSA) is 63.9 Å². The fourth-order valence-electron chi connectivity index (χ4n) is 2.40. The van der Waals surface area contributed by atoms with Crippen molar-refractivity contribution in [2.75, 3.05) is 12.8 Å². The molecule has 25 heavy (non-hydrogen) atoms. The summed E-state index contributed by atoms with van der Waals surface area (Å²) in [7, 11) is 1.82. The molecule has 1 heterocycles. The number of benzene rings is 2. The Morgan fingerprint density at radius 3 is 2.44 bits per heavy atom. The highest BCUT2D eigenvalue weighted by molar-refractivity contribution is 7.99. The van der Waals surface area contributed by atoms with Crippen LogP contribution < -0.4 is 0 Å². The molecular formula is C18H19N5OS. The fraction of sp³-hybridized carbons (Fsp3) is 0.222. The molecule has 1 unspecified atom stereocenters. The van der Waals surface area contributed by atoms with Crippen LogP contribution in [0.3, 0.4) is 0 Å². The fourth-order valence-corrected chi connectivity index (χ4v) is 3.21. The largest absolute Gasteiger partial charge is 0.338 e. The molecule has 0 saturated heterocycles. The summed E-state index contributed by atoms with van der Waals surface area (Å²) in [6.45, 7) is 2.02. The van der Waals surface area contributed by atoms with E-state index in [1.807, 2.05) is 74.6 Å². The van der Waals surface area contributed by atoms with Crippen molar-refractivity contribution >= 4 is 17.7 Å². The standard InChI is InChI=1S/C18H19N5OS/c1-14(15-9-5-3-6-10-15)22(2)17(24)13-25-18-19-20-21-23(18)16-11-7-4-8-12-16/h3-12,14H,13H2,1-2H3. The summed E-state index contributed by atoms with van der Waals surface area (Å²) in [6, 6.07) is 19.6. The predicted molar refractivity (Wildman–Crippen MR) is 97.5 cm³/mol. The van der Waals surface area contributed by atoms with Gasteiger partial charge < -0.3 is 4.90 Å². The van der Waals surface area contributed by atoms with E-state index in [2.05, 4.69) is 15.5 Å². The summed E-state index contributed by atoms with van der Waals surface area (Å²) in [6.07, 6.45) is 0. The van der Waals surface area contributed by atoms with E-state index in [0.717, 1.165) is 11.3 Å². The maximum atomic E-state index is 12.5. The quantitative estimate of drug-likeness (QED) is 0.638. The van der Waals surface area contributed by atoms with Crippen LogP contribution >= 0.6 is 11.8 Å². The first-order valence-corrected chi connectivity index (χ1v) is 8.92. The number of amides is 1. The van der Waals surface area contributed by atoms with E-state index in [9.17, 15) is 4.79 Å². The Bertz CT molecular complexity index is 822. The summed E-state index contributed by atoms with van der Waals surface area (Å²) >= 11 is 1.33. The molecule has 7 heteroatoms. The lowest BCUT2D eigenvalue weighted by Crippen LogP contribution is -2.31. The van der Waals surface area contributed by atoms with Gasteiger partial charge >= 0.3 is 0 Å². The first kappa shape index (κ1) is 17.2. The Kier molecular flexibility index (Phi) is 5.45. The number of hydrogen-bond acceptors (Lipinski definition) is 5. The molecule has 0 N–H and O–H groups in total. The van der Waals surface area contributed by atoms with Crippen molar-refractivity contribution in [3.05, 3.63) is 66.2 Å². The Balaban J connectivity index is 1.64. The zero-order valence-electron chi connectivity index (χ0n) is 14.1. The van der Waals surface area contributed by atoms with Crippen LogP contribution in [-0.4, -0.2) is 43.8 Å². The highest BCUT2D eigenvalue weighted by Crippen LogP contribution is 2.22. The first-order chi connectivity index (χ1) is 12.2. The summed E-state index contributed by atoms with van der Waals surface area (Å²) in [4.78, 5) is 14.3. The van der Waals surface area contributed by atoms with Gasteiger partial charge in [-0.3, -0.25) is 4.79 Å². The zero-order valence-corrected chi connectivity index (χ0v) is 14.9. The molecule has 0 bridgehead atoms. The van der Waals surface area contributed by atoms with Crippen LogP contribution in [0.15, 0.2) is 65.8 Å². The van der Waals surface area contributed by atoms with Crippen LogP contribution in [0, 0.1) is 0 Å². The molecule has 0 aliphatic carbocycles. The molecule has 3 rings (SSSR count). The number of thioether (sulfide) groups is 1. The lowest BCUT2D eigenvalue weighted by atomic mass is 10.1. The smallest absolute Gasteiger partial charge is 0.233 e. The van der Waals surface area contributed by atoms with Gasteiger partial charge in [-0.2, -0.15) is 4.68 Å². The molecule has 1 atom stereocenters. The van der Waals surface area contributed by atoms with E-state index < -0.39 is 0 Å². The van der Waals surface area contributed by atoms with Gasteiger partial charge in [-0.05, 0) is 35.0 Å². The maximum Gasteiger partial charge on any atom is 0.233 e. The van der Waals surface area contributed by atoms with Gasteiger partial charge in [-0.1, -0.05) is 60.3 Å². The third kappa shape index (κ3) is 4.06. The second kappa shape index (κ2) is 7.94. The molecule has 0 spiro atoms. The van der Waals surface area contributed by atoms with Crippen molar-refractivity contribution in [2.24, 2.45) is 0 Å².